The van der Waals surface area contributed by atoms with Gasteiger partial charge in [0.1, 0.15) is 5.75 Å². The number of ether oxygens (including phenoxy) is 1. The normalized spacial score (nSPS) is 11.4. The van der Waals surface area contributed by atoms with Crippen molar-refractivity contribution in [1.82, 2.24) is 9.88 Å². The molecule has 0 spiro atoms. The van der Waals surface area contributed by atoms with Crippen molar-refractivity contribution in [2.75, 3.05) is 6.61 Å². The van der Waals surface area contributed by atoms with Crippen LogP contribution in [0.3, 0.4) is 0 Å². The van der Waals surface area contributed by atoms with Gasteiger partial charge in [-0.3, -0.25) is 9.59 Å². The van der Waals surface area contributed by atoms with E-state index in [-0.39, 0.29) is 24.6 Å². The molecule has 1 N–H and O–H groups in total. The third-order valence-electron chi connectivity index (χ3n) is 4.71. The van der Waals surface area contributed by atoms with Gasteiger partial charge < -0.3 is 14.6 Å². The minimum absolute atomic E-state index is 0.0775. The fourth-order valence-electron chi connectivity index (χ4n) is 3.16. The van der Waals surface area contributed by atoms with Crippen LogP contribution in [0.25, 0.3) is 10.9 Å². The molecule has 28 heavy (non-hydrogen) atoms. The summed E-state index contributed by atoms with van der Waals surface area (Å²) in [4.78, 5) is 30.1. The van der Waals surface area contributed by atoms with Crippen LogP contribution in [-0.4, -0.2) is 27.9 Å². The molecule has 3 aromatic rings. The number of nitrogens with one attached hydrogen (secondary N) is 1. The van der Waals surface area contributed by atoms with Crippen LogP contribution in [0.1, 0.15) is 31.9 Å². The maximum absolute atomic E-state index is 12.9. The lowest BCUT2D eigenvalue weighted by Crippen LogP contribution is -2.47. The number of rotatable bonds is 5. The number of aromatic nitrogens is 1. The second-order valence-electron chi connectivity index (χ2n) is 7.92. The predicted molar refractivity (Wildman–Crippen MR) is 112 cm³/mol. The van der Waals surface area contributed by atoms with Crippen molar-refractivity contribution >= 4 is 16.8 Å². The highest BCUT2D eigenvalue weighted by atomic mass is 16.5. The first-order chi connectivity index (χ1) is 13.3. The van der Waals surface area contributed by atoms with Gasteiger partial charge in [-0.2, -0.15) is 0 Å². The van der Waals surface area contributed by atoms with E-state index in [1.54, 1.807) is 4.90 Å². The van der Waals surface area contributed by atoms with E-state index in [0.717, 1.165) is 16.5 Å². The lowest BCUT2D eigenvalue weighted by Gasteiger charge is -2.35. The molecule has 2 aromatic carbocycles. The molecule has 0 bridgehead atoms. The largest absolute Gasteiger partial charge is 0.484 e. The van der Waals surface area contributed by atoms with Crippen LogP contribution in [0, 0.1) is 6.92 Å². The molecule has 1 heterocycles. The second-order valence-corrected chi connectivity index (χ2v) is 7.92. The van der Waals surface area contributed by atoms with Crippen LogP contribution in [0.2, 0.25) is 0 Å². The first-order valence-corrected chi connectivity index (χ1v) is 9.35. The van der Waals surface area contributed by atoms with Gasteiger partial charge in [-0.05, 0) is 56.8 Å². The standard InChI is InChI=1S/C23H26N2O3/c1-16-9-8-10-17-13-18(22(27)24-21(16)17)14-25(23(2,3)4)20(26)15-28-19-11-6-5-7-12-19/h5-13H,14-15H2,1-4H3,(H,24,27). The lowest BCUT2D eigenvalue weighted by molar-refractivity contribution is -0.139. The smallest absolute Gasteiger partial charge is 0.261 e. The Labute approximate surface area is 165 Å². The third-order valence-corrected chi connectivity index (χ3v) is 4.71. The summed E-state index contributed by atoms with van der Waals surface area (Å²) >= 11 is 0. The summed E-state index contributed by atoms with van der Waals surface area (Å²) in [7, 11) is 0. The van der Waals surface area contributed by atoms with Crippen molar-refractivity contribution in [1.29, 1.82) is 0 Å². The Balaban J connectivity index is 1.85. The summed E-state index contributed by atoms with van der Waals surface area (Å²) in [6, 6.07) is 17.0. The molecule has 0 unspecified atom stereocenters. The van der Waals surface area contributed by atoms with Gasteiger partial charge in [0.2, 0.25) is 0 Å². The molecular formula is C23H26N2O3. The number of carbonyl (C=O) groups excluding carboxylic acids is 1. The summed E-state index contributed by atoms with van der Waals surface area (Å²) < 4.78 is 5.62. The van der Waals surface area contributed by atoms with Crippen molar-refractivity contribution in [3.05, 3.63) is 76.1 Å². The highest BCUT2D eigenvalue weighted by molar-refractivity contribution is 5.82. The second kappa shape index (κ2) is 7.89. The van der Waals surface area contributed by atoms with Crippen LogP contribution in [-0.2, 0) is 11.3 Å². The Morgan fingerprint density at radius 3 is 2.46 bits per heavy atom. The molecule has 0 saturated carbocycles. The number of H-pyrrole nitrogens is 1. The molecule has 0 saturated heterocycles. The number of aryl methyl sites for hydroxylation is 1. The molecule has 1 amide bonds. The Morgan fingerprint density at radius 1 is 1.07 bits per heavy atom. The van der Waals surface area contributed by atoms with E-state index in [2.05, 4.69) is 4.98 Å². The van der Waals surface area contributed by atoms with Crippen molar-refractivity contribution in [3.8, 4) is 5.75 Å². The highest BCUT2D eigenvalue weighted by Crippen LogP contribution is 2.20. The molecular weight excluding hydrogens is 352 g/mol. The molecule has 146 valence electrons. The number of amides is 1. The number of carbonyl (C=O) groups is 1. The topological polar surface area (TPSA) is 62.4 Å². The Kier molecular flexibility index (Phi) is 5.54. The van der Waals surface area contributed by atoms with Gasteiger partial charge >= 0.3 is 0 Å². The number of hydrogen-bond acceptors (Lipinski definition) is 3. The number of fused-ring (bicyclic) bond motifs is 1. The molecule has 5 nitrogen and oxygen atoms in total. The minimum Gasteiger partial charge on any atom is -0.484 e. The van der Waals surface area contributed by atoms with Gasteiger partial charge in [-0.15, -0.1) is 0 Å². The molecule has 0 radical (unpaired) electrons. The van der Waals surface area contributed by atoms with Crippen LogP contribution in [0.5, 0.6) is 5.75 Å². The zero-order valence-corrected chi connectivity index (χ0v) is 16.8. The number of benzene rings is 2. The van der Waals surface area contributed by atoms with Gasteiger partial charge in [0.15, 0.2) is 6.61 Å². The average molecular weight is 378 g/mol. The Bertz CT molecular complexity index is 1030. The molecule has 0 fully saturated rings. The Morgan fingerprint density at radius 2 is 1.79 bits per heavy atom. The fraction of sp³-hybridized carbons (Fsp3) is 0.304. The molecule has 0 atom stereocenters. The maximum Gasteiger partial charge on any atom is 0.261 e. The number of hydrogen-bond donors (Lipinski definition) is 1. The number of pyridine rings is 1. The molecule has 0 aliphatic carbocycles. The molecule has 0 aliphatic rings. The van der Waals surface area contributed by atoms with Gasteiger partial charge in [0.25, 0.3) is 11.5 Å². The first-order valence-electron chi connectivity index (χ1n) is 9.35. The Hall–Kier alpha value is -3.08. The summed E-state index contributed by atoms with van der Waals surface area (Å²) in [5.74, 6) is 0.476. The first kappa shape index (κ1) is 19.7. The van der Waals surface area contributed by atoms with E-state index < -0.39 is 5.54 Å². The zero-order valence-electron chi connectivity index (χ0n) is 16.8. The summed E-state index contributed by atoms with van der Waals surface area (Å²) in [5.41, 5.74) is 1.78. The summed E-state index contributed by atoms with van der Waals surface area (Å²) in [5, 5.41) is 0.955. The molecule has 5 heteroatoms. The molecule has 3 rings (SSSR count). The third kappa shape index (κ3) is 4.42. The number of aromatic amines is 1. The summed E-state index contributed by atoms with van der Waals surface area (Å²) in [6.07, 6.45) is 0. The van der Waals surface area contributed by atoms with Crippen molar-refractivity contribution < 1.29 is 9.53 Å². The maximum atomic E-state index is 12.9. The van der Waals surface area contributed by atoms with Crippen LogP contribution < -0.4 is 10.3 Å². The van der Waals surface area contributed by atoms with E-state index in [9.17, 15) is 9.59 Å². The fourth-order valence-corrected chi connectivity index (χ4v) is 3.16. The van der Waals surface area contributed by atoms with Crippen LogP contribution in [0.4, 0.5) is 0 Å². The van der Waals surface area contributed by atoms with Gasteiger partial charge in [0.05, 0.1) is 12.1 Å². The van der Waals surface area contributed by atoms with E-state index in [0.29, 0.717) is 11.3 Å². The lowest BCUT2D eigenvalue weighted by atomic mass is 10.0. The SMILES string of the molecule is Cc1cccc2cc(CN(C(=O)COc3ccccc3)C(C)(C)C)c(=O)[nH]c12. The van der Waals surface area contributed by atoms with Crippen LogP contribution in [0.15, 0.2) is 59.4 Å². The molecule has 1 aromatic heterocycles. The van der Waals surface area contributed by atoms with Crippen molar-refractivity contribution in [3.63, 3.8) is 0 Å². The zero-order chi connectivity index (χ0) is 20.3. The monoisotopic (exact) mass is 378 g/mol. The van der Waals surface area contributed by atoms with Gasteiger partial charge in [0, 0.05) is 11.1 Å². The van der Waals surface area contributed by atoms with Crippen molar-refractivity contribution in [2.24, 2.45) is 0 Å². The predicted octanol–water partition coefficient (Wildman–Crippen LogP) is 4.04. The summed E-state index contributed by atoms with van der Waals surface area (Å²) in [6.45, 7) is 7.96. The van der Waals surface area contributed by atoms with Gasteiger partial charge in [-0.25, -0.2) is 0 Å². The molecule has 0 aliphatic heterocycles. The van der Waals surface area contributed by atoms with E-state index in [4.69, 9.17) is 4.74 Å². The van der Waals surface area contributed by atoms with Gasteiger partial charge in [-0.1, -0.05) is 36.4 Å². The number of para-hydroxylation sites is 2. The van der Waals surface area contributed by atoms with Crippen molar-refractivity contribution in [2.45, 2.75) is 39.8 Å². The minimum atomic E-state index is -0.453. The number of nitrogens with zero attached hydrogens (tertiary/aromatic N) is 1. The quantitative estimate of drug-likeness (QED) is 0.729. The van der Waals surface area contributed by atoms with Crippen LogP contribution >= 0.6 is 0 Å². The van der Waals surface area contributed by atoms with E-state index in [1.165, 1.54) is 0 Å². The van der Waals surface area contributed by atoms with E-state index >= 15 is 0 Å². The average Bonchev–Trinajstić information content (AvgIpc) is 2.65. The highest BCUT2D eigenvalue weighted by Gasteiger charge is 2.27. The van der Waals surface area contributed by atoms with E-state index in [1.807, 2.05) is 82.3 Å².